The summed E-state index contributed by atoms with van der Waals surface area (Å²) < 4.78 is 0. The van der Waals surface area contributed by atoms with Crippen molar-refractivity contribution in [3.63, 3.8) is 0 Å². The molecule has 1 unspecified atom stereocenters. The summed E-state index contributed by atoms with van der Waals surface area (Å²) >= 11 is 5.92. The van der Waals surface area contributed by atoms with E-state index < -0.39 is 0 Å². The van der Waals surface area contributed by atoms with Crippen molar-refractivity contribution in [2.45, 2.75) is 31.9 Å². The van der Waals surface area contributed by atoms with Crippen molar-refractivity contribution in [3.05, 3.63) is 59.1 Å². The van der Waals surface area contributed by atoms with Crippen molar-refractivity contribution in [3.8, 4) is 0 Å². The lowest BCUT2D eigenvalue weighted by Crippen LogP contribution is -2.35. The molecule has 0 saturated carbocycles. The van der Waals surface area contributed by atoms with E-state index in [-0.39, 0.29) is 12.1 Å². The van der Waals surface area contributed by atoms with Gasteiger partial charge in [-0.1, -0.05) is 23.7 Å². The molecule has 4 heteroatoms. The third-order valence-electron chi connectivity index (χ3n) is 4.45. The molecule has 2 aromatic rings. The van der Waals surface area contributed by atoms with Crippen molar-refractivity contribution in [1.29, 1.82) is 0 Å². The van der Waals surface area contributed by atoms with Gasteiger partial charge in [-0.25, -0.2) is 0 Å². The molecule has 0 spiro atoms. The molecular formula is C19H23ClN2O. The molecule has 3 nitrogen and oxygen atoms in total. The quantitative estimate of drug-likeness (QED) is 0.868. The smallest absolute Gasteiger partial charge is 0.0574 e. The first-order valence-electron chi connectivity index (χ1n) is 8.17. The van der Waals surface area contributed by atoms with Gasteiger partial charge < -0.3 is 15.3 Å². The van der Waals surface area contributed by atoms with Gasteiger partial charge in [0.1, 0.15) is 0 Å². The number of hydrogen-bond acceptors (Lipinski definition) is 3. The topological polar surface area (TPSA) is 35.5 Å². The molecule has 0 radical (unpaired) electrons. The van der Waals surface area contributed by atoms with E-state index in [1.165, 1.54) is 11.3 Å². The number of aliphatic hydroxyl groups is 1. The average Bonchev–Trinajstić information content (AvgIpc) is 2.58. The Morgan fingerprint density at radius 3 is 2.26 bits per heavy atom. The summed E-state index contributed by atoms with van der Waals surface area (Å²) in [5, 5.41) is 13.8. The van der Waals surface area contributed by atoms with Crippen LogP contribution in [0.25, 0.3) is 0 Å². The molecule has 2 N–H and O–H groups in total. The lowest BCUT2D eigenvalue weighted by Gasteiger charge is -2.31. The minimum atomic E-state index is -0.130. The third-order valence-corrected chi connectivity index (χ3v) is 4.70. The monoisotopic (exact) mass is 330 g/mol. The summed E-state index contributed by atoms with van der Waals surface area (Å²) in [5.41, 5.74) is 3.55. The molecule has 0 bridgehead atoms. The molecule has 0 aromatic heterocycles. The summed E-state index contributed by atoms with van der Waals surface area (Å²) in [6.07, 6.45) is 1.58. The Balaban J connectivity index is 1.63. The van der Waals surface area contributed by atoms with Gasteiger partial charge >= 0.3 is 0 Å². The van der Waals surface area contributed by atoms with Crippen LogP contribution in [-0.4, -0.2) is 24.3 Å². The lowest BCUT2D eigenvalue weighted by atomic mass is 10.0. The van der Waals surface area contributed by atoms with Gasteiger partial charge in [-0.3, -0.25) is 0 Å². The average molecular weight is 331 g/mol. The second-order valence-corrected chi connectivity index (χ2v) is 6.62. The zero-order valence-electron chi connectivity index (χ0n) is 13.4. The Morgan fingerprint density at radius 1 is 1.04 bits per heavy atom. The molecule has 1 fully saturated rings. The van der Waals surface area contributed by atoms with Crippen LogP contribution in [0.2, 0.25) is 5.02 Å². The highest BCUT2D eigenvalue weighted by Crippen LogP contribution is 2.25. The fourth-order valence-electron chi connectivity index (χ4n) is 2.98. The van der Waals surface area contributed by atoms with Crippen molar-refractivity contribution >= 4 is 23.0 Å². The van der Waals surface area contributed by atoms with E-state index in [1.807, 2.05) is 24.3 Å². The molecule has 23 heavy (non-hydrogen) atoms. The van der Waals surface area contributed by atoms with Gasteiger partial charge in [0.15, 0.2) is 0 Å². The lowest BCUT2D eigenvalue weighted by molar-refractivity contribution is 0.145. The second-order valence-electron chi connectivity index (χ2n) is 6.18. The van der Waals surface area contributed by atoms with Crippen molar-refractivity contribution < 1.29 is 5.11 Å². The highest BCUT2D eigenvalue weighted by molar-refractivity contribution is 6.30. The van der Waals surface area contributed by atoms with Crippen LogP contribution in [-0.2, 0) is 0 Å². The van der Waals surface area contributed by atoms with Crippen LogP contribution >= 0.6 is 11.6 Å². The second kappa shape index (κ2) is 7.24. The maximum atomic E-state index is 9.60. The molecule has 1 heterocycles. The van der Waals surface area contributed by atoms with Gasteiger partial charge in [0.25, 0.3) is 0 Å². The zero-order chi connectivity index (χ0) is 16.2. The molecule has 1 atom stereocenters. The maximum Gasteiger partial charge on any atom is 0.0574 e. The van der Waals surface area contributed by atoms with Crippen LogP contribution in [0.3, 0.4) is 0 Å². The summed E-state index contributed by atoms with van der Waals surface area (Å²) in [5.74, 6) is 0. The molecule has 122 valence electrons. The molecule has 0 amide bonds. The van der Waals surface area contributed by atoms with E-state index in [2.05, 4.69) is 41.4 Å². The Bertz CT molecular complexity index is 619. The van der Waals surface area contributed by atoms with E-state index in [0.29, 0.717) is 0 Å². The molecule has 1 saturated heterocycles. The summed E-state index contributed by atoms with van der Waals surface area (Å²) in [7, 11) is 0. The molecule has 1 aliphatic rings. The first-order chi connectivity index (χ1) is 11.1. The van der Waals surface area contributed by atoms with Crippen molar-refractivity contribution in [1.82, 2.24) is 0 Å². The van der Waals surface area contributed by atoms with Gasteiger partial charge in [-0.15, -0.1) is 0 Å². The Hall–Kier alpha value is -1.71. The van der Waals surface area contributed by atoms with Gasteiger partial charge in [-0.05, 0) is 61.7 Å². The number of benzene rings is 2. The van der Waals surface area contributed by atoms with Gasteiger partial charge in [0.05, 0.1) is 6.10 Å². The minimum absolute atomic E-state index is 0.130. The molecule has 3 rings (SSSR count). The first-order valence-corrected chi connectivity index (χ1v) is 8.55. The highest BCUT2D eigenvalue weighted by Gasteiger charge is 2.17. The molecule has 1 aliphatic heterocycles. The Labute approximate surface area is 142 Å². The van der Waals surface area contributed by atoms with E-state index in [0.717, 1.165) is 36.6 Å². The maximum absolute atomic E-state index is 9.60. The number of nitrogens with zero attached hydrogens (tertiary/aromatic N) is 1. The largest absolute Gasteiger partial charge is 0.393 e. The van der Waals surface area contributed by atoms with Gasteiger partial charge in [-0.2, -0.15) is 0 Å². The molecule has 2 aromatic carbocycles. The number of anilines is 2. The first kappa shape index (κ1) is 16.2. The number of halogens is 1. The van der Waals surface area contributed by atoms with Gasteiger partial charge in [0.2, 0.25) is 0 Å². The number of piperidine rings is 1. The Morgan fingerprint density at radius 2 is 1.65 bits per heavy atom. The van der Waals surface area contributed by atoms with Crippen LogP contribution in [0.15, 0.2) is 48.5 Å². The fourth-order valence-corrected chi connectivity index (χ4v) is 3.10. The van der Waals surface area contributed by atoms with E-state index in [9.17, 15) is 5.11 Å². The Kier molecular flexibility index (Phi) is 5.09. The SMILES string of the molecule is CC(Nc1ccc(Cl)cc1)c1ccc(N2CCC(O)CC2)cc1. The zero-order valence-corrected chi connectivity index (χ0v) is 14.1. The van der Waals surface area contributed by atoms with E-state index >= 15 is 0 Å². The summed E-state index contributed by atoms with van der Waals surface area (Å²) in [4.78, 5) is 2.34. The number of nitrogens with one attached hydrogen (secondary N) is 1. The summed E-state index contributed by atoms with van der Waals surface area (Å²) in [6, 6.07) is 16.7. The normalized spacial score (nSPS) is 17.1. The molecular weight excluding hydrogens is 308 g/mol. The van der Waals surface area contributed by atoms with Crippen LogP contribution in [0, 0.1) is 0 Å². The van der Waals surface area contributed by atoms with Crippen molar-refractivity contribution in [2.75, 3.05) is 23.3 Å². The van der Waals surface area contributed by atoms with Crippen LogP contribution in [0.1, 0.15) is 31.4 Å². The number of hydrogen-bond donors (Lipinski definition) is 2. The van der Waals surface area contributed by atoms with Crippen LogP contribution in [0.5, 0.6) is 0 Å². The van der Waals surface area contributed by atoms with Crippen molar-refractivity contribution in [2.24, 2.45) is 0 Å². The highest BCUT2D eigenvalue weighted by atomic mass is 35.5. The predicted molar refractivity (Wildman–Crippen MR) is 97.4 cm³/mol. The minimum Gasteiger partial charge on any atom is -0.393 e. The predicted octanol–water partition coefficient (Wildman–Crippen LogP) is 4.47. The molecule has 0 aliphatic carbocycles. The van der Waals surface area contributed by atoms with Crippen LogP contribution < -0.4 is 10.2 Å². The fraction of sp³-hybridized carbons (Fsp3) is 0.368. The van der Waals surface area contributed by atoms with Gasteiger partial charge in [0, 0.05) is 35.5 Å². The standard InChI is InChI=1S/C19H23ClN2O/c1-14(21-17-6-4-16(20)5-7-17)15-2-8-18(9-3-15)22-12-10-19(23)11-13-22/h2-9,14,19,21,23H,10-13H2,1H3. The number of rotatable bonds is 4. The number of aliphatic hydroxyl groups excluding tert-OH is 1. The van der Waals surface area contributed by atoms with E-state index in [4.69, 9.17) is 11.6 Å². The third kappa shape index (κ3) is 4.18. The van der Waals surface area contributed by atoms with Crippen LogP contribution in [0.4, 0.5) is 11.4 Å². The van der Waals surface area contributed by atoms with E-state index in [1.54, 1.807) is 0 Å². The summed E-state index contributed by atoms with van der Waals surface area (Å²) in [6.45, 7) is 4.01.